The Balaban J connectivity index is 3.58. The van der Waals surface area contributed by atoms with Crippen LogP contribution in [0.1, 0.15) is 19.8 Å². The molecule has 0 saturated carbocycles. The summed E-state index contributed by atoms with van der Waals surface area (Å²) in [5, 5.41) is 9.15. The van der Waals surface area contributed by atoms with Crippen molar-refractivity contribution >= 4 is 0 Å². The van der Waals surface area contributed by atoms with Crippen LogP contribution in [-0.2, 0) is 0 Å². The summed E-state index contributed by atoms with van der Waals surface area (Å²) >= 11 is 0. The first-order valence-corrected chi connectivity index (χ1v) is 3.21. The SMILES string of the molecule is C=CC(=C)[C@@H](O)CCC. The van der Waals surface area contributed by atoms with Gasteiger partial charge < -0.3 is 5.11 Å². The van der Waals surface area contributed by atoms with Crippen LogP contribution in [0, 0.1) is 0 Å². The predicted octanol–water partition coefficient (Wildman–Crippen LogP) is 1.89. The Morgan fingerprint density at radius 2 is 2.33 bits per heavy atom. The van der Waals surface area contributed by atoms with Crippen LogP contribution in [-0.4, -0.2) is 11.2 Å². The standard InChI is InChI=1S/C8H14O/c1-4-6-8(9)7(3)5-2/h5,8-9H,2-4,6H2,1H3/t8-/m0/s1. The molecule has 1 nitrogen and oxygen atoms in total. The van der Waals surface area contributed by atoms with Gasteiger partial charge in [-0.25, -0.2) is 0 Å². The summed E-state index contributed by atoms with van der Waals surface area (Å²) in [6, 6.07) is 0. The lowest BCUT2D eigenvalue weighted by atomic mass is 10.1. The van der Waals surface area contributed by atoms with Crippen molar-refractivity contribution in [3.63, 3.8) is 0 Å². The van der Waals surface area contributed by atoms with Gasteiger partial charge in [0.05, 0.1) is 6.10 Å². The van der Waals surface area contributed by atoms with E-state index in [1.54, 1.807) is 6.08 Å². The van der Waals surface area contributed by atoms with E-state index in [-0.39, 0.29) is 6.10 Å². The highest BCUT2D eigenvalue weighted by Gasteiger charge is 2.01. The van der Waals surface area contributed by atoms with Crippen LogP contribution < -0.4 is 0 Å². The Bertz CT molecular complexity index is 105. The summed E-state index contributed by atoms with van der Waals surface area (Å²) in [7, 11) is 0. The second kappa shape index (κ2) is 4.33. The minimum Gasteiger partial charge on any atom is -0.388 e. The van der Waals surface area contributed by atoms with Crippen LogP contribution in [0.15, 0.2) is 24.8 Å². The van der Waals surface area contributed by atoms with Crippen LogP contribution in [0.4, 0.5) is 0 Å². The van der Waals surface area contributed by atoms with Crippen molar-refractivity contribution in [1.82, 2.24) is 0 Å². The van der Waals surface area contributed by atoms with Gasteiger partial charge in [-0.3, -0.25) is 0 Å². The fourth-order valence-electron chi connectivity index (χ4n) is 0.595. The van der Waals surface area contributed by atoms with Crippen molar-refractivity contribution in [2.45, 2.75) is 25.9 Å². The van der Waals surface area contributed by atoms with Crippen LogP contribution in [0.25, 0.3) is 0 Å². The molecule has 0 aliphatic carbocycles. The molecule has 0 amide bonds. The van der Waals surface area contributed by atoms with Gasteiger partial charge in [-0.05, 0) is 12.0 Å². The molecule has 0 aromatic rings. The van der Waals surface area contributed by atoms with E-state index in [4.69, 9.17) is 5.11 Å². The minimum absolute atomic E-state index is 0.382. The summed E-state index contributed by atoms with van der Waals surface area (Å²) in [5.41, 5.74) is 0.719. The lowest BCUT2D eigenvalue weighted by Crippen LogP contribution is -2.06. The van der Waals surface area contributed by atoms with Crippen LogP contribution in [0.5, 0.6) is 0 Å². The lowest BCUT2D eigenvalue weighted by Gasteiger charge is -2.06. The maximum Gasteiger partial charge on any atom is 0.0784 e. The summed E-state index contributed by atoms with van der Waals surface area (Å²) in [4.78, 5) is 0. The molecule has 0 radical (unpaired) electrons. The molecule has 0 unspecified atom stereocenters. The quantitative estimate of drug-likeness (QED) is 0.570. The van der Waals surface area contributed by atoms with E-state index in [0.29, 0.717) is 0 Å². The third-order valence-corrected chi connectivity index (χ3v) is 1.25. The Morgan fingerprint density at radius 1 is 1.78 bits per heavy atom. The first kappa shape index (κ1) is 8.44. The largest absolute Gasteiger partial charge is 0.388 e. The van der Waals surface area contributed by atoms with Gasteiger partial charge in [0.1, 0.15) is 0 Å². The van der Waals surface area contributed by atoms with Crippen molar-refractivity contribution in [2.24, 2.45) is 0 Å². The third-order valence-electron chi connectivity index (χ3n) is 1.25. The molecular weight excluding hydrogens is 112 g/mol. The summed E-state index contributed by atoms with van der Waals surface area (Å²) in [6.07, 6.45) is 2.98. The number of aliphatic hydroxyl groups excluding tert-OH is 1. The molecule has 0 aromatic heterocycles. The molecule has 52 valence electrons. The molecule has 1 heteroatoms. The molecule has 0 aliphatic rings. The highest BCUT2D eigenvalue weighted by Crippen LogP contribution is 2.05. The highest BCUT2D eigenvalue weighted by molar-refractivity contribution is 5.15. The van der Waals surface area contributed by atoms with Gasteiger partial charge in [-0.15, -0.1) is 0 Å². The monoisotopic (exact) mass is 126 g/mol. The second-order valence-electron chi connectivity index (χ2n) is 2.08. The smallest absolute Gasteiger partial charge is 0.0784 e. The number of hydrogen-bond acceptors (Lipinski definition) is 1. The second-order valence-corrected chi connectivity index (χ2v) is 2.08. The number of aliphatic hydroxyl groups is 1. The fraction of sp³-hybridized carbons (Fsp3) is 0.500. The normalized spacial score (nSPS) is 12.7. The summed E-state index contributed by atoms with van der Waals surface area (Å²) in [6.45, 7) is 9.16. The molecule has 0 aromatic carbocycles. The minimum atomic E-state index is -0.382. The Hall–Kier alpha value is -0.560. The molecule has 0 saturated heterocycles. The van der Waals surface area contributed by atoms with Crippen molar-refractivity contribution in [2.75, 3.05) is 0 Å². The number of hydrogen-bond donors (Lipinski definition) is 1. The van der Waals surface area contributed by atoms with Gasteiger partial charge in [-0.1, -0.05) is 32.6 Å². The maximum absolute atomic E-state index is 9.15. The third kappa shape index (κ3) is 3.09. The topological polar surface area (TPSA) is 20.2 Å². The first-order chi connectivity index (χ1) is 4.22. The molecular formula is C8H14O. The van der Waals surface area contributed by atoms with Crippen LogP contribution in [0.2, 0.25) is 0 Å². The van der Waals surface area contributed by atoms with E-state index in [1.807, 2.05) is 6.92 Å². The molecule has 1 atom stereocenters. The van der Waals surface area contributed by atoms with Gasteiger partial charge >= 0.3 is 0 Å². The zero-order valence-electron chi connectivity index (χ0n) is 5.93. The Kier molecular flexibility index (Phi) is 4.06. The van der Waals surface area contributed by atoms with E-state index in [9.17, 15) is 0 Å². The van der Waals surface area contributed by atoms with E-state index >= 15 is 0 Å². The zero-order valence-corrected chi connectivity index (χ0v) is 5.93. The summed E-state index contributed by atoms with van der Waals surface area (Å²) < 4.78 is 0. The van der Waals surface area contributed by atoms with Crippen LogP contribution in [0.3, 0.4) is 0 Å². The van der Waals surface area contributed by atoms with Crippen molar-refractivity contribution in [3.8, 4) is 0 Å². The molecule has 1 N–H and O–H groups in total. The average Bonchev–Trinajstić information content (AvgIpc) is 1.87. The van der Waals surface area contributed by atoms with Crippen molar-refractivity contribution in [3.05, 3.63) is 24.8 Å². The lowest BCUT2D eigenvalue weighted by molar-refractivity contribution is 0.203. The van der Waals surface area contributed by atoms with E-state index < -0.39 is 0 Å². The van der Waals surface area contributed by atoms with Gasteiger partial charge in [0.2, 0.25) is 0 Å². The van der Waals surface area contributed by atoms with E-state index in [0.717, 1.165) is 18.4 Å². The van der Waals surface area contributed by atoms with Gasteiger partial charge in [0, 0.05) is 0 Å². The maximum atomic E-state index is 9.15. The average molecular weight is 126 g/mol. The van der Waals surface area contributed by atoms with Gasteiger partial charge in [-0.2, -0.15) is 0 Å². The molecule has 0 fully saturated rings. The Labute approximate surface area is 56.7 Å². The first-order valence-electron chi connectivity index (χ1n) is 3.21. The molecule has 0 rings (SSSR count). The number of rotatable bonds is 4. The molecule has 0 heterocycles. The van der Waals surface area contributed by atoms with Crippen molar-refractivity contribution in [1.29, 1.82) is 0 Å². The van der Waals surface area contributed by atoms with Gasteiger partial charge in [0.25, 0.3) is 0 Å². The fourth-order valence-corrected chi connectivity index (χ4v) is 0.595. The Morgan fingerprint density at radius 3 is 2.67 bits per heavy atom. The van der Waals surface area contributed by atoms with Gasteiger partial charge in [0.15, 0.2) is 0 Å². The molecule has 0 bridgehead atoms. The van der Waals surface area contributed by atoms with Crippen molar-refractivity contribution < 1.29 is 5.11 Å². The van der Waals surface area contributed by atoms with E-state index in [1.165, 1.54) is 0 Å². The zero-order chi connectivity index (χ0) is 7.28. The van der Waals surface area contributed by atoms with E-state index in [2.05, 4.69) is 13.2 Å². The molecule has 0 aliphatic heterocycles. The molecule has 0 spiro atoms. The predicted molar refractivity (Wildman–Crippen MR) is 40.3 cm³/mol. The highest BCUT2D eigenvalue weighted by atomic mass is 16.3. The summed E-state index contributed by atoms with van der Waals surface area (Å²) in [5.74, 6) is 0. The molecule has 9 heavy (non-hydrogen) atoms. The van der Waals surface area contributed by atoms with Crippen LogP contribution >= 0.6 is 0 Å².